The topological polar surface area (TPSA) is 49.4 Å². The van der Waals surface area contributed by atoms with Crippen molar-refractivity contribution in [3.63, 3.8) is 0 Å². The fourth-order valence-electron chi connectivity index (χ4n) is 0.838. The molecule has 0 aromatic carbocycles. The Morgan fingerprint density at radius 1 is 1.33 bits per heavy atom. The highest BCUT2D eigenvalue weighted by atomic mass is 19.4. The summed E-state index contributed by atoms with van der Waals surface area (Å²) in [4.78, 5) is 21.9. The molecular weight excluding hydrogens is 213 g/mol. The van der Waals surface area contributed by atoms with Crippen molar-refractivity contribution in [3.05, 3.63) is 11.8 Å². The molecule has 0 unspecified atom stereocenters. The molecule has 0 saturated heterocycles. The number of nitrogens with zero attached hydrogens (tertiary/aromatic N) is 1. The zero-order valence-electron chi connectivity index (χ0n) is 8.47. The maximum Gasteiger partial charge on any atom is 0.431 e. The van der Waals surface area contributed by atoms with Crippen LogP contribution in [0.25, 0.3) is 0 Å². The van der Waals surface area contributed by atoms with E-state index < -0.39 is 23.7 Å². The van der Waals surface area contributed by atoms with Crippen molar-refractivity contribution in [2.75, 3.05) is 14.1 Å². The molecule has 0 heterocycles. The molecule has 0 atom stereocenters. The fourth-order valence-corrected chi connectivity index (χ4v) is 0.838. The second-order valence-corrected chi connectivity index (χ2v) is 2.75. The van der Waals surface area contributed by atoms with Crippen molar-refractivity contribution in [1.82, 2.24) is 10.2 Å². The van der Waals surface area contributed by atoms with Gasteiger partial charge >= 0.3 is 12.2 Å². The van der Waals surface area contributed by atoms with Gasteiger partial charge in [-0.25, -0.2) is 4.79 Å². The molecule has 0 aromatic rings. The summed E-state index contributed by atoms with van der Waals surface area (Å²) < 4.78 is 37.2. The minimum Gasteiger partial charge on any atom is -0.341 e. The molecule has 7 heteroatoms. The van der Waals surface area contributed by atoms with Crippen LogP contribution in [0.2, 0.25) is 0 Å². The lowest BCUT2D eigenvalue weighted by atomic mass is 10.3. The Morgan fingerprint density at radius 2 is 1.80 bits per heavy atom. The van der Waals surface area contributed by atoms with Crippen LogP contribution in [0.5, 0.6) is 0 Å². The normalized spacial score (nSPS) is 12.3. The zero-order chi connectivity index (χ0) is 12.2. The zero-order valence-corrected chi connectivity index (χ0v) is 8.47. The third kappa shape index (κ3) is 4.01. The predicted molar refractivity (Wildman–Crippen MR) is 47.0 cm³/mol. The van der Waals surface area contributed by atoms with E-state index >= 15 is 0 Å². The molecule has 86 valence electrons. The van der Waals surface area contributed by atoms with Crippen molar-refractivity contribution in [2.24, 2.45) is 0 Å². The average molecular weight is 224 g/mol. The standard InChI is InChI=1S/C8H11F3N2O2/c1-5(14)4-6(8(9,10)11)13(3)7(15)12-2/h4H,1-3H3,(H,12,15)/b6-4-. The van der Waals surface area contributed by atoms with Gasteiger partial charge in [-0.2, -0.15) is 13.2 Å². The first kappa shape index (κ1) is 13.5. The summed E-state index contributed by atoms with van der Waals surface area (Å²) >= 11 is 0. The van der Waals surface area contributed by atoms with Gasteiger partial charge in [-0.05, 0) is 6.92 Å². The molecule has 0 radical (unpaired) electrons. The Morgan fingerprint density at radius 3 is 2.07 bits per heavy atom. The molecule has 15 heavy (non-hydrogen) atoms. The van der Waals surface area contributed by atoms with Crippen molar-refractivity contribution >= 4 is 11.8 Å². The number of halogens is 3. The molecule has 0 saturated carbocycles. The highest BCUT2D eigenvalue weighted by Gasteiger charge is 2.38. The number of carbonyl (C=O) groups excluding carboxylic acids is 2. The van der Waals surface area contributed by atoms with Gasteiger partial charge in [-0.3, -0.25) is 9.69 Å². The molecule has 1 N–H and O–H groups in total. The molecule has 0 bridgehead atoms. The number of urea groups is 1. The van der Waals surface area contributed by atoms with E-state index in [0.717, 1.165) is 14.0 Å². The first-order chi connectivity index (χ1) is 6.70. The minimum absolute atomic E-state index is 0.335. The monoisotopic (exact) mass is 224 g/mol. The number of nitrogens with one attached hydrogen (secondary N) is 1. The molecule has 0 spiro atoms. The van der Waals surface area contributed by atoms with Crippen LogP contribution in [-0.2, 0) is 4.79 Å². The Hall–Kier alpha value is -1.53. The summed E-state index contributed by atoms with van der Waals surface area (Å²) in [6.45, 7) is 0.976. The van der Waals surface area contributed by atoms with E-state index in [9.17, 15) is 22.8 Å². The van der Waals surface area contributed by atoms with Gasteiger partial charge in [0.1, 0.15) is 5.70 Å². The Bertz CT molecular complexity index is 297. The van der Waals surface area contributed by atoms with E-state index in [1.165, 1.54) is 7.05 Å². The highest BCUT2D eigenvalue weighted by molar-refractivity contribution is 5.89. The van der Waals surface area contributed by atoms with Crippen LogP contribution >= 0.6 is 0 Å². The SMILES string of the molecule is CNC(=O)N(C)/C(=C\C(C)=O)C(F)(F)F. The largest absolute Gasteiger partial charge is 0.431 e. The number of hydrogen-bond acceptors (Lipinski definition) is 2. The predicted octanol–water partition coefficient (Wildman–Crippen LogP) is 1.29. The lowest BCUT2D eigenvalue weighted by Gasteiger charge is -2.21. The van der Waals surface area contributed by atoms with Crippen molar-refractivity contribution in [1.29, 1.82) is 0 Å². The van der Waals surface area contributed by atoms with Gasteiger partial charge in [0.2, 0.25) is 0 Å². The first-order valence-corrected chi connectivity index (χ1v) is 3.95. The van der Waals surface area contributed by atoms with Gasteiger partial charge in [-0.15, -0.1) is 0 Å². The lowest BCUT2D eigenvalue weighted by Crippen LogP contribution is -2.39. The second kappa shape index (κ2) is 4.81. The molecule has 2 amide bonds. The molecule has 0 rings (SSSR count). The molecule has 0 fully saturated rings. The number of rotatable bonds is 2. The van der Waals surface area contributed by atoms with E-state index in [1.807, 2.05) is 5.32 Å². The summed E-state index contributed by atoms with van der Waals surface area (Å²) in [5, 5.41) is 2.03. The van der Waals surface area contributed by atoms with Crippen LogP contribution in [0, 0.1) is 0 Å². The molecular formula is C8H11F3N2O2. The molecule has 0 aromatic heterocycles. The van der Waals surface area contributed by atoms with E-state index in [1.54, 1.807) is 0 Å². The number of alkyl halides is 3. The lowest BCUT2D eigenvalue weighted by molar-refractivity contribution is -0.116. The Kier molecular flexibility index (Phi) is 4.32. The smallest absolute Gasteiger partial charge is 0.341 e. The summed E-state index contributed by atoms with van der Waals surface area (Å²) in [7, 11) is 2.13. The quantitative estimate of drug-likeness (QED) is 0.718. The van der Waals surface area contributed by atoms with E-state index in [0.29, 0.717) is 11.0 Å². The van der Waals surface area contributed by atoms with Gasteiger partial charge in [-0.1, -0.05) is 0 Å². The van der Waals surface area contributed by atoms with Crippen LogP contribution in [0.15, 0.2) is 11.8 Å². The van der Waals surface area contributed by atoms with Crippen LogP contribution < -0.4 is 5.32 Å². The van der Waals surface area contributed by atoms with Crippen LogP contribution in [0.4, 0.5) is 18.0 Å². The summed E-state index contributed by atoms with van der Waals surface area (Å²) in [6.07, 6.45) is -4.37. The van der Waals surface area contributed by atoms with Crippen molar-refractivity contribution < 1.29 is 22.8 Å². The van der Waals surface area contributed by atoms with Gasteiger partial charge < -0.3 is 5.32 Å². The van der Waals surface area contributed by atoms with Crippen LogP contribution in [0.1, 0.15) is 6.92 Å². The number of ketones is 1. The summed E-state index contributed by atoms with van der Waals surface area (Å²) in [5.74, 6) is -0.780. The highest BCUT2D eigenvalue weighted by Crippen LogP contribution is 2.27. The maximum absolute atomic E-state index is 12.4. The molecule has 4 nitrogen and oxygen atoms in total. The molecule has 0 aliphatic rings. The van der Waals surface area contributed by atoms with E-state index in [4.69, 9.17) is 0 Å². The molecule has 0 aliphatic carbocycles. The maximum atomic E-state index is 12.4. The Balaban J connectivity index is 5.14. The summed E-state index contributed by atoms with van der Waals surface area (Å²) in [5.41, 5.74) is -1.30. The van der Waals surface area contributed by atoms with Crippen LogP contribution in [0.3, 0.4) is 0 Å². The Labute approximate surface area is 84.7 Å². The minimum atomic E-state index is -4.74. The van der Waals surface area contributed by atoms with Gasteiger partial charge in [0, 0.05) is 20.2 Å². The number of carbonyl (C=O) groups is 2. The third-order valence-corrected chi connectivity index (χ3v) is 1.51. The second-order valence-electron chi connectivity index (χ2n) is 2.75. The van der Waals surface area contributed by atoms with Crippen molar-refractivity contribution in [3.8, 4) is 0 Å². The number of amides is 2. The number of allylic oxidation sites excluding steroid dienone is 2. The van der Waals surface area contributed by atoms with Crippen molar-refractivity contribution in [2.45, 2.75) is 13.1 Å². The van der Waals surface area contributed by atoms with Gasteiger partial charge in [0.25, 0.3) is 0 Å². The van der Waals surface area contributed by atoms with Gasteiger partial charge in [0.15, 0.2) is 5.78 Å². The summed E-state index contributed by atoms with van der Waals surface area (Å²) in [6, 6.07) is -0.945. The fraction of sp³-hybridized carbons (Fsp3) is 0.500. The van der Waals surface area contributed by atoms with Crippen LogP contribution in [-0.4, -0.2) is 37.0 Å². The van der Waals surface area contributed by atoms with E-state index in [-0.39, 0.29) is 0 Å². The van der Waals surface area contributed by atoms with E-state index in [2.05, 4.69) is 0 Å². The van der Waals surface area contributed by atoms with Gasteiger partial charge in [0.05, 0.1) is 0 Å². The first-order valence-electron chi connectivity index (χ1n) is 3.95. The average Bonchev–Trinajstić information content (AvgIpc) is 2.09. The number of hydrogen-bond donors (Lipinski definition) is 1. The molecule has 0 aliphatic heterocycles. The third-order valence-electron chi connectivity index (χ3n) is 1.51.